The highest BCUT2D eigenvalue weighted by molar-refractivity contribution is 5.80. The number of aryl methyl sites for hydroxylation is 1. The molecule has 100 valence electrons. The van der Waals surface area contributed by atoms with Crippen LogP contribution >= 0.6 is 0 Å². The molecule has 0 spiro atoms. The van der Waals surface area contributed by atoms with E-state index in [9.17, 15) is 0 Å². The predicted molar refractivity (Wildman–Crippen MR) is 80.0 cm³/mol. The lowest BCUT2D eigenvalue weighted by molar-refractivity contribution is 0.482. The van der Waals surface area contributed by atoms with Crippen LogP contribution in [0.5, 0.6) is 0 Å². The van der Waals surface area contributed by atoms with Gasteiger partial charge in [0.05, 0.1) is 11.9 Å². The van der Waals surface area contributed by atoms with Crippen molar-refractivity contribution in [2.24, 2.45) is 16.6 Å². The Kier molecular flexibility index (Phi) is 5.90. The second-order valence-corrected chi connectivity index (χ2v) is 5.28. The fraction of sp³-hybridized carbons (Fsp3) is 0.562. The quantitative estimate of drug-likeness (QED) is 0.603. The van der Waals surface area contributed by atoms with Crippen LogP contribution in [0.1, 0.15) is 44.7 Å². The van der Waals surface area contributed by atoms with Crippen molar-refractivity contribution < 1.29 is 0 Å². The first-order valence-electron chi connectivity index (χ1n) is 6.90. The lowest BCUT2D eigenvalue weighted by Gasteiger charge is -2.17. The number of hydrogen-bond acceptors (Lipinski definition) is 1. The number of nitrogens with two attached hydrogens (primary N) is 1. The molecule has 0 amide bonds. The molecule has 0 bridgehead atoms. The summed E-state index contributed by atoms with van der Waals surface area (Å²) in [6.07, 6.45) is 3.03. The van der Waals surface area contributed by atoms with Gasteiger partial charge in [0.2, 0.25) is 0 Å². The molecule has 0 aliphatic heterocycles. The van der Waals surface area contributed by atoms with Gasteiger partial charge in [0, 0.05) is 6.42 Å². The molecule has 0 radical (unpaired) electrons. The number of nitrogens with zero attached hydrogens (tertiary/aromatic N) is 1. The van der Waals surface area contributed by atoms with Crippen LogP contribution in [0.4, 0.5) is 0 Å². The van der Waals surface area contributed by atoms with Gasteiger partial charge in [0.25, 0.3) is 0 Å². The number of aliphatic imine (C=N–C) groups is 1. The van der Waals surface area contributed by atoms with Gasteiger partial charge in [-0.1, -0.05) is 43.7 Å². The van der Waals surface area contributed by atoms with Crippen molar-refractivity contribution in [1.82, 2.24) is 0 Å². The van der Waals surface area contributed by atoms with Gasteiger partial charge in [-0.15, -0.1) is 0 Å². The Morgan fingerprint density at radius 1 is 1.22 bits per heavy atom. The van der Waals surface area contributed by atoms with E-state index in [1.807, 2.05) is 0 Å². The van der Waals surface area contributed by atoms with E-state index >= 15 is 0 Å². The molecule has 1 rings (SSSR count). The van der Waals surface area contributed by atoms with Crippen LogP contribution in [-0.2, 0) is 6.42 Å². The van der Waals surface area contributed by atoms with Gasteiger partial charge in [-0.25, -0.2) is 0 Å². The molecule has 2 unspecified atom stereocenters. The van der Waals surface area contributed by atoms with Gasteiger partial charge in [0.15, 0.2) is 0 Å². The van der Waals surface area contributed by atoms with E-state index in [-0.39, 0.29) is 6.04 Å². The van der Waals surface area contributed by atoms with Crippen LogP contribution < -0.4 is 5.73 Å². The maximum atomic E-state index is 5.89. The van der Waals surface area contributed by atoms with Crippen molar-refractivity contribution in [3.8, 4) is 0 Å². The summed E-state index contributed by atoms with van der Waals surface area (Å²) in [5, 5.41) is 0. The summed E-state index contributed by atoms with van der Waals surface area (Å²) in [6.45, 7) is 8.64. The second kappa shape index (κ2) is 7.20. The summed E-state index contributed by atoms with van der Waals surface area (Å²) in [5.74, 6) is 1.31. The maximum absolute atomic E-state index is 5.89. The monoisotopic (exact) mass is 246 g/mol. The summed E-state index contributed by atoms with van der Waals surface area (Å²) in [4.78, 5) is 4.57. The Hall–Kier alpha value is -1.31. The molecule has 0 aliphatic rings. The zero-order valence-corrected chi connectivity index (χ0v) is 12.1. The van der Waals surface area contributed by atoms with Crippen molar-refractivity contribution in [2.75, 3.05) is 0 Å². The fourth-order valence-electron chi connectivity index (χ4n) is 1.98. The average molecular weight is 246 g/mol. The molecular formula is C16H26N2. The molecule has 0 saturated carbocycles. The van der Waals surface area contributed by atoms with Gasteiger partial charge >= 0.3 is 0 Å². The number of amidine groups is 1. The summed E-state index contributed by atoms with van der Waals surface area (Å²) >= 11 is 0. The summed E-state index contributed by atoms with van der Waals surface area (Å²) in [5.41, 5.74) is 8.57. The Morgan fingerprint density at radius 2 is 1.83 bits per heavy atom. The highest BCUT2D eigenvalue weighted by Gasteiger charge is 2.12. The molecule has 18 heavy (non-hydrogen) atoms. The van der Waals surface area contributed by atoms with Crippen molar-refractivity contribution >= 4 is 5.84 Å². The van der Waals surface area contributed by atoms with Crippen LogP contribution in [-0.4, -0.2) is 11.9 Å². The Balaban J connectivity index is 2.56. The van der Waals surface area contributed by atoms with E-state index in [1.165, 1.54) is 11.1 Å². The molecule has 1 aromatic rings. The maximum Gasteiger partial charge on any atom is 0.0940 e. The molecule has 1 aromatic carbocycles. The fourth-order valence-corrected chi connectivity index (χ4v) is 1.98. The van der Waals surface area contributed by atoms with Crippen LogP contribution in [0.3, 0.4) is 0 Å². The minimum Gasteiger partial charge on any atom is -0.387 e. The molecule has 0 aromatic heterocycles. The number of rotatable bonds is 6. The van der Waals surface area contributed by atoms with Gasteiger partial charge in [-0.3, -0.25) is 4.99 Å². The SMILES string of the molecule is CCCC(N)=NC(C)C(C)Cc1ccc(C)cc1. The number of benzene rings is 1. The zero-order chi connectivity index (χ0) is 13.5. The van der Waals surface area contributed by atoms with Crippen LogP contribution in [0, 0.1) is 12.8 Å². The van der Waals surface area contributed by atoms with Gasteiger partial charge in [-0.05, 0) is 38.2 Å². The van der Waals surface area contributed by atoms with Crippen molar-refractivity contribution in [3.63, 3.8) is 0 Å². The standard InChI is InChI=1S/C16H26N2/c1-5-6-16(17)18-14(4)13(3)11-15-9-7-12(2)8-10-15/h7-10,13-14H,5-6,11H2,1-4H3,(H2,17,18). The first-order chi connectivity index (χ1) is 8.52. The lowest BCUT2D eigenvalue weighted by Crippen LogP contribution is -2.20. The van der Waals surface area contributed by atoms with Gasteiger partial charge < -0.3 is 5.73 Å². The second-order valence-electron chi connectivity index (χ2n) is 5.28. The average Bonchev–Trinajstić information content (AvgIpc) is 2.32. The topological polar surface area (TPSA) is 38.4 Å². The summed E-state index contributed by atoms with van der Waals surface area (Å²) in [6, 6.07) is 9.04. The largest absolute Gasteiger partial charge is 0.387 e. The van der Waals surface area contributed by atoms with E-state index in [0.717, 1.165) is 25.1 Å². The molecular weight excluding hydrogens is 220 g/mol. The van der Waals surface area contributed by atoms with Gasteiger partial charge in [-0.2, -0.15) is 0 Å². The van der Waals surface area contributed by atoms with E-state index < -0.39 is 0 Å². The minimum atomic E-state index is 0.290. The Morgan fingerprint density at radius 3 is 2.39 bits per heavy atom. The van der Waals surface area contributed by atoms with E-state index in [4.69, 9.17) is 5.73 Å². The van der Waals surface area contributed by atoms with Crippen molar-refractivity contribution in [3.05, 3.63) is 35.4 Å². The summed E-state index contributed by atoms with van der Waals surface area (Å²) in [7, 11) is 0. The predicted octanol–water partition coefficient (Wildman–Crippen LogP) is 3.72. The first-order valence-corrected chi connectivity index (χ1v) is 6.90. The summed E-state index contributed by atoms with van der Waals surface area (Å²) < 4.78 is 0. The van der Waals surface area contributed by atoms with E-state index in [1.54, 1.807) is 0 Å². The van der Waals surface area contributed by atoms with E-state index in [2.05, 4.69) is 57.0 Å². The van der Waals surface area contributed by atoms with Crippen LogP contribution in [0.2, 0.25) is 0 Å². The van der Waals surface area contributed by atoms with Crippen molar-refractivity contribution in [1.29, 1.82) is 0 Å². The third-order valence-electron chi connectivity index (χ3n) is 3.38. The minimum absolute atomic E-state index is 0.290. The first kappa shape index (κ1) is 14.7. The third kappa shape index (κ3) is 4.91. The lowest BCUT2D eigenvalue weighted by atomic mass is 9.95. The molecule has 2 nitrogen and oxygen atoms in total. The molecule has 0 aliphatic carbocycles. The van der Waals surface area contributed by atoms with Crippen LogP contribution in [0.25, 0.3) is 0 Å². The normalized spacial score (nSPS) is 15.4. The third-order valence-corrected chi connectivity index (χ3v) is 3.38. The van der Waals surface area contributed by atoms with Gasteiger partial charge in [0.1, 0.15) is 0 Å². The number of hydrogen-bond donors (Lipinski definition) is 1. The molecule has 2 atom stereocenters. The zero-order valence-electron chi connectivity index (χ0n) is 12.1. The molecule has 0 heterocycles. The molecule has 2 heteroatoms. The highest BCUT2D eigenvalue weighted by Crippen LogP contribution is 2.15. The van der Waals surface area contributed by atoms with E-state index in [0.29, 0.717) is 5.92 Å². The highest BCUT2D eigenvalue weighted by atomic mass is 14.9. The van der Waals surface area contributed by atoms with Crippen LogP contribution in [0.15, 0.2) is 29.3 Å². The molecule has 0 fully saturated rings. The Bertz CT molecular complexity index is 379. The smallest absolute Gasteiger partial charge is 0.0940 e. The Labute approximate surface area is 111 Å². The van der Waals surface area contributed by atoms with Crippen molar-refractivity contribution in [2.45, 2.75) is 53.0 Å². The molecule has 0 saturated heterocycles. The molecule has 2 N–H and O–H groups in total.